The van der Waals surface area contributed by atoms with E-state index in [1.54, 1.807) is 11.3 Å². The molecule has 1 fully saturated rings. The third-order valence-corrected chi connectivity index (χ3v) is 5.29. The lowest BCUT2D eigenvalue weighted by Crippen LogP contribution is -2.38. The average Bonchev–Trinajstić information content (AvgIpc) is 3.24. The Morgan fingerprint density at radius 2 is 2.23 bits per heavy atom. The Hall–Kier alpha value is -2.29. The summed E-state index contributed by atoms with van der Waals surface area (Å²) in [6, 6.07) is 8.05. The Kier molecular flexibility index (Phi) is 4.96. The molecule has 1 saturated heterocycles. The molecule has 1 aliphatic heterocycles. The Labute approximate surface area is 156 Å². The average molecular weight is 370 g/mol. The molecule has 0 aliphatic carbocycles. The summed E-state index contributed by atoms with van der Waals surface area (Å²) >= 11 is 1.58. The zero-order chi connectivity index (χ0) is 17.9. The number of hydrogen-bond acceptors (Lipinski definition) is 7. The minimum atomic E-state index is -0.0308. The SMILES string of the molecule is Cc1csc(Nc2cccc(C3CN(Cc4ccnn4C)CCO3)n2)n1. The Bertz CT molecular complexity index is 876. The number of nitrogens with one attached hydrogen (secondary N) is 1. The van der Waals surface area contributed by atoms with Crippen molar-refractivity contribution in [2.24, 2.45) is 7.05 Å². The van der Waals surface area contributed by atoms with E-state index < -0.39 is 0 Å². The molecule has 136 valence electrons. The number of pyridine rings is 1. The molecule has 3 aromatic heterocycles. The van der Waals surface area contributed by atoms with Gasteiger partial charge in [0, 0.05) is 38.3 Å². The molecule has 1 aliphatic rings. The number of morpholine rings is 1. The molecular formula is C18H22N6OS. The van der Waals surface area contributed by atoms with Crippen LogP contribution in [0.25, 0.3) is 0 Å². The van der Waals surface area contributed by atoms with Crippen molar-refractivity contribution in [2.45, 2.75) is 19.6 Å². The molecule has 0 saturated carbocycles. The first-order valence-corrected chi connectivity index (χ1v) is 9.52. The van der Waals surface area contributed by atoms with Crippen molar-refractivity contribution in [3.8, 4) is 0 Å². The molecule has 1 unspecified atom stereocenters. The van der Waals surface area contributed by atoms with Crippen LogP contribution in [0.4, 0.5) is 10.9 Å². The van der Waals surface area contributed by atoms with Crippen LogP contribution in [0.3, 0.4) is 0 Å². The highest BCUT2D eigenvalue weighted by Crippen LogP contribution is 2.25. The fourth-order valence-corrected chi connectivity index (χ4v) is 3.73. The normalized spacial score (nSPS) is 18.2. The van der Waals surface area contributed by atoms with Crippen LogP contribution in [0.15, 0.2) is 35.8 Å². The summed E-state index contributed by atoms with van der Waals surface area (Å²) < 4.78 is 7.91. The van der Waals surface area contributed by atoms with E-state index in [2.05, 4.69) is 26.4 Å². The van der Waals surface area contributed by atoms with Crippen LogP contribution in [0.2, 0.25) is 0 Å². The van der Waals surface area contributed by atoms with Gasteiger partial charge in [-0.25, -0.2) is 9.97 Å². The van der Waals surface area contributed by atoms with Gasteiger partial charge in [0.2, 0.25) is 0 Å². The maximum atomic E-state index is 5.99. The molecule has 0 radical (unpaired) electrons. The van der Waals surface area contributed by atoms with Gasteiger partial charge in [0.05, 0.1) is 23.7 Å². The molecule has 0 spiro atoms. The van der Waals surface area contributed by atoms with Crippen molar-refractivity contribution in [2.75, 3.05) is 25.0 Å². The predicted molar refractivity (Wildman–Crippen MR) is 102 cm³/mol. The van der Waals surface area contributed by atoms with E-state index in [4.69, 9.17) is 9.72 Å². The molecule has 8 heteroatoms. The molecular weight excluding hydrogens is 348 g/mol. The zero-order valence-electron chi connectivity index (χ0n) is 14.9. The lowest BCUT2D eigenvalue weighted by molar-refractivity contribution is -0.0355. The number of nitrogens with zero attached hydrogens (tertiary/aromatic N) is 5. The molecule has 0 amide bonds. The van der Waals surface area contributed by atoms with E-state index in [0.717, 1.165) is 42.0 Å². The minimum absolute atomic E-state index is 0.0308. The Balaban J connectivity index is 1.44. The smallest absolute Gasteiger partial charge is 0.188 e. The summed E-state index contributed by atoms with van der Waals surface area (Å²) in [7, 11) is 1.98. The first-order chi connectivity index (χ1) is 12.7. The minimum Gasteiger partial charge on any atom is -0.369 e. The van der Waals surface area contributed by atoms with Gasteiger partial charge in [0.1, 0.15) is 11.9 Å². The molecule has 4 heterocycles. The lowest BCUT2D eigenvalue weighted by atomic mass is 10.2. The number of thiazole rings is 1. The van der Waals surface area contributed by atoms with Crippen molar-refractivity contribution in [1.82, 2.24) is 24.6 Å². The maximum absolute atomic E-state index is 5.99. The van der Waals surface area contributed by atoms with Gasteiger partial charge in [0.15, 0.2) is 5.13 Å². The second-order valence-corrected chi connectivity index (χ2v) is 7.27. The number of hydrogen-bond donors (Lipinski definition) is 1. The van der Waals surface area contributed by atoms with Gasteiger partial charge in [-0.2, -0.15) is 5.10 Å². The molecule has 4 rings (SSSR count). The number of ether oxygens (including phenoxy) is 1. The van der Waals surface area contributed by atoms with Crippen molar-refractivity contribution in [3.63, 3.8) is 0 Å². The van der Waals surface area contributed by atoms with E-state index >= 15 is 0 Å². The van der Waals surface area contributed by atoms with E-state index in [0.29, 0.717) is 6.61 Å². The summed E-state index contributed by atoms with van der Waals surface area (Å²) in [5.74, 6) is 0.796. The summed E-state index contributed by atoms with van der Waals surface area (Å²) in [5, 5.41) is 10.4. The van der Waals surface area contributed by atoms with Crippen LogP contribution in [0, 0.1) is 6.92 Å². The molecule has 0 aromatic carbocycles. The summed E-state index contributed by atoms with van der Waals surface area (Å²) in [6.07, 6.45) is 1.81. The van der Waals surface area contributed by atoms with Crippen LogP contribution in [-0.4, -0.2) is 44.3 Å². The molecule has 3 aromatic rings. The maximum Gasteiger partial charge on any atom is 0.188 e. The predicted octanol–water partition coefficient (Wildman–Crippen LogP) is 2.90. The van der Waals surface area contributed by atoms with E-state index in [1.165, 1.54) is 5.69 Å². The number of rotatable bonds is 5. The van der Waals surface area contributed by atoms with Crippen LogP contribution >= 0.6 is 11.3 Å². The fourth-order valence-electron chi connectivity index (χ4n) is 3.03. The molecule has 1 N–H and O–H groups in total. The second-order valence-electron chi connectivity index (χ2n) is 6.41. The summed E-state index contributed by atoms with van der Waals surface area (Å²) in [5.41, 5.74) is 3.15. The molecule has 0 bridgehead atoms. The van der Waals surface area contributed by atoms with Gasteiger partial charge in [-0.15, -0.1) is 11.3 Å². The monoisotopic (exact) mass is 370 g/mol. The third kappa shape index (κ3) is 3.92. The van der Waals surface area contributed by atoms with Crippen molar-refractivity contribution in [1.29, 1.82) is 0 Å². The van der Waals surface area contributed by atoms with Gasteiger partial charge >= 0.3 is 0 Å². The van der Waals surface area contributed by atoms with Crippen LogP contribution < -0.4 is 5.32 Å². The third-order valence-electron chi connectivity index (χ3n) is 4.41. The van der Waals surface area contributed by atoms with Gasteiger partial charge in [-0.3, -0.25) is 9.58 Å². The van der Waals surface area contributed by atoms with Crippen LogP contribution in [0.5, 0.6) is 0 Å². The standard InChI is InChI=1S/C18H22N6OS/c1-13-12-26-18(20-13)22-17-5-3-4-15(21-17)16-11-24(8-9-25-16)10-14-6-7-19-23(14)2/h3-7,12,16H,8-11H2,1-2H3,(H,20,21,22). The lowest BCUT2D eigenvalue weighted by Gasteiger charge is -2.32. The van der Waals surface area contributed by atoms with Crippen molar-refractivity contribution < 1.29 is 4.74 Å². The van der Waals surface area contributed by atoms with Gasteiger partial charge in [0.25, 0.3) is 0 Å². The first kappa shape index (κ1) is 17.1. The van der Waals surface area contributed by atoms with E-state index in [1.807, 2.05) is 48.4 Å². The van der Waals surface area contributed by atoms with E-state index in [-0.39, 0.29) is 6.10 Å². The second kappa shape index (κ2) is 7.53. The first-order valence-electron chi connectivity index (χ1n) is 8.64. The van der Waals surface area contributed by atoms with Crippen molar-refractivity contribution >= 4 is 22.3 Å². The fraction of sp³-hybridized carbons (Fsp3) is 0.389. The molecule has 7 nitrogen and oxygen atoms in total. The largest absolute Gasteiger partial charge is 0.369 e. The van der Waals surface area contributed by atoms with Gasteiger partial charge < -0.3 is 10.1 Å². The topological polar surface area (TPSA) is 68.1 Å². The van der Waals surface area contributed by atoms with Crippen molar-refractivity contribution in [3.05, 3.63) is 52.9 Å². The summed E-state index contributed by atoms with van der Waals surface area (Å²) in [6.45, 7) is 5.29. The van der Waals surface area contributed by atoms with Crippen LogP contribution in [-0.2, 0) is 18.3 Å². The Morgan fingerprint density at radius 1 is 1.31 bits per heavy atom. The van der Waals surface area contributed by atoms with Gasteiger partial charge in [-0.1, -0.05) is 6.07 Å². The summed E-state index contributed by atoms with van der Waals surface area (Å²) in [4.78, 5) is 11.6. The van der Waals surface area contributed by atoms with Crippen LogP contribution in [0.1, 0.15) is 23.2 Å². The Morgan fingerprint density at radius 3 is 3.00 bits per heavy atom. The highest BCUT2D eigenvalue weighted by Gasteiger charge is 2.24. The number of anilines is 2. The zero-order valence-corrected chi connectivity index (χ0v) is 15.7. The highest BCUT2D eigenvalue weighted by atomic mass is 32.1. The number of aromatic nitrogens is 4. The molecule has 26 heavy (non-hydrogen) atoms. The highest BCUT2D eigenvalue weighted by molar-refractivity contribution is 7.13. The molecule has 1 atom stereocenters. The van der Waals surface area contributed by atoms with E-state index in [9.17, 15) is 0 Å². The quantitative estimate of drug-likeness (QED) is 0.745. The van der Waals surface area contributed by atoms with Gasteiger partial charge in [-0.05, 0) is 25.1 Å². The number of aryl methyl sites for hydroxylation is 2.